The van der Waals surface area contributed by atoms with Crippen molar-refractivity contribution < 1.29 is 45.5 Å². The van der Waals surface area contributed by atoms with Gasteiger partial charge in [0.25, 0.3) is 0 Å². The van der Waals surface area contributed by atoms with Gasteiger partial charge in [-0.15, -0.1) is 0 Å². The fourth-order valence-electron chi connectivity index (χ4n) is 4.68. The first-order valence-electron chi connectivity index (χ1n) is 11.2. The SMILES string of the molecule is O=C(OCC1c2ccccc2-c2ccccc21)N1C[C@H](NC(=O)C(F)(F)F)C[C@H](NC(=O)C(F)(F)F)C1. The van der Waals surface area contributed by atoms with Crippen LogP contribution < -0.4 is 10.6 Å². The Kier molecular flexibility index (Phi) is 7.07. The Labute approximate surface area is 206 Å². The highest BCUT2D eigenvalue weighted by Crippen LogP contribution is 2.44. The molecule has 2 aromatic carbocycles. The van der Waals surface area contributed by atoms with E-state index in [9.17, 15) is 40.7 Å². The summed E-state index contributed by atoms with van der Waals surface area (Å²) in [4.78, 5) is 36.5. The third kappa shape index (κ3) is 5.81. The lowest BCUT2D eigenvalue weighted by molar-refractivity contribution is -0.176. The normalized spacial score (nSPS) is 19.6. The molecule has 1 heterocycles. The molecule has 4 rings (SSSR count). The Morgan fingerprint density at radius 3 is 1.65 bits per heavy atom. The molecule has 198 valence electrons. The van der Waals surface area contributed by atoms with Gasteiger partial charge in [-0.3, -0.25) is 9.59 Å². The van der Waals surface area contributed by atoms with E-state index in [2.05, 4.69) is 0 Å². The van der Waals surface area contributed by atoms with Gasteiger partial charge in [0.05, 0.1) is 0 Å². The van der Waals surface area contributed by atoms with E-state index < -0.39 is 61.9 Å². The zero-order chi connectivity index (χ0) is 27.0. The summed E-state index contributed by atoms with van der Waals surface area (Å²) in [6.45, 7) is -1.03. The van der Waals surface area contributed by atoms with Gasteiger partial charge in [0.2, 0.25) is 0 Å². The minimum atomic E-state index is -5.24. The lowest BCUT2D eigenvalue weighted by atomic mass is 9.98. The molecule has 2 N–H and O–H groups in total. The van der Waals surface area contributed by atoms with Crippen molar-refractivity contribution in [3.63, 3.8) is 0 Å². The molecular formula is C24H21F6N3O4. The van der Waals surface area contributed by atoms with Gasteiger partial charge in [-0.1, -0.05) is 48.5 Å². The Morgan fingerprint density at radius 2 is 1.22 bits per heavy atom. The molecule has 7 nitrogen and oxygen atoms in total. The number of halogens is 6. The number of piperidine rings is 1. The van der Waals surface area contributed by atoms with Crippen molar-refractivity contribution >= 4 is 17.9 Å². The first kappa shape index (κ1) is 26.3. The van der Waals surface area contributed by atoms with Crippen LogP contribution in [-0.2, 0) is 14.3 Å². The summed E-state index contributed by atoms with van der Waals surface area (Å²) in [6, 6.07) is 12.2. The summed E-state index contributed by atoms with van der Waals surface area (Å²) in [6.07, 6.45) is -11.9. The van der Waals surface area contributed by atoms with Crippen LogP contribution in [-0.4, -0.2) is 66.9 Å². The number of amides is 3. The Balaban J connectivity index is 1.48. The quantitative estimate of drug-likeness (QED) is 0.591. The molecule has 0 aromatic heterocycles. The number of rotatable bonds is 4. The molecule has 1 aliphatic heterocycles. The van der Waals surface area contributed by atoms with E-state index in [1.54, 1.807) is 10.6 Å². The third-order valence-electron chi connectivity index (χ3n) is 6.23. The number of nitrogens with one attached hydrogen (secondary N) is 2. The lowest BCUT2D eigenvalue weighted by Crippen LogP contribution is -2.60. The summed E-state index contributed by atoms with van der Waals surface area (Å²) in [5.74, 6) is -4.96. The molecule has 3 amide bonds. The van der Waals surface area contributed by atoms with Crippen molar-refractivity contribution in [1.29, 1.82) is 0 Å². The summed E-state index contributed by atoms with van der Waals surface area (Å²) in [7, 11) is 0. The predicted molar refractivity (Wildman–Crippen MR) is 117 cm³/mol. The highest BCUT2D eigenvalue weighted by Gasteiger charge is 2.44. The second-order valence-corrected chi connectivity index (χ2v) is 8.78. The smallest absolute Gasteiger partial charge is 0.448 e. The summed E-state index contributed by atoms with van der Waals surface area (Å²) < 4.78 is 81.8. The van der Waals surface area contributed by atoms with Gasteiger partial charge in [-0.2, -0.15) is 26.3 Å². The van der Waals surface area contributed by atoms with Crippen LogP contribution in [0.3, 0.4) is 0 Å². The topological polar surface area (TPSA) is 87.7 Å². The van der Waals surface area contributed by atoms with Crippen molar-refractivity contribution in [2.24, 2.45) is 0 Å². The van der Waals surface area contributed by atoms with E-state index in [1.807, 2.05) is 48.5 Å². The van der Waals surface area contributed by atoms with Crippen LogP contribution in [0.2, 0.25) is 0 Å². The second-order valence-electron chi connectivity index (χ2n) is 8.78. The minimum absolute atomic E-state index is 0.136. The highest BCUT2D eigenvalue weighted by atomic mass is 19.4. The van der Waals surface area contributed by atoms with E-state index >= 15 is 0 Å². The molecule has 0 radical (unpaired) electrons. The van der Waals surface area contributed by atoms with E-state index in [0.717, 1.165) is 27.2 Å². The van der Waals surface area contributed by atoms with Gasteiger partial charge in [0.1, 0.15) is 6.61 Å². The monoisotopic (exact) mass is 529 g/mol. The number of hydrogen-bond donors (Lipinski definition) is 2. The number of nitrogens with zero attached hydrogens (tertiary/aromatic N) is 1. The highest BCUT2D eigenvalue weighted by molar-refractivity contribution is 5.83. The maximum Gasteiger partial charge on any atom is 0.471 e. The predicted octanol–water partition coefficient (Wildman–Crippen LogP) is 3.74. The summed E-state index contributed by atoms with van der Waals surface area (Å²) in [5.41, 5.74) is 3.73. The zero-order valence-electron chi connectivity index (χ0n) is 19.0. The van der Waals surface area contributed by atoms with E-state index in [1.165, 1.54) is 0 Å². The summed E-state index contributed by atoms with van der Waals surface area (Å²) in [5, 5.41) is 3.33. The molecule has 37 heavy (non-hydrogen) atoms. The molecule has 1 fully saturated rings. The van der Waals surface area contributed by atoms with Gasteiger partial charge in [-0.25, -0.2) is 4.79 Å². The molecule has 0 unspecified atom stereocenters. The number of ether oxygens (including phenoxy) is 1. The van der Waals surface area contributed by atoms with Crippen LogP contribution >= 0.6 is 0 Å². The van der Waals surface area contributed by atoms with Crippen LogP contribution in [0.1, 0.15) is 23.5 Å². The molecule has 2 aliphatic rings. The van der Waals surface area contributed by atoms with Crippen molar-refractivity contribution in [1.82, 2.24) is 15.5 Å². The van der Waals surface area contributed by atoms with Gasteiger partial charge < -0.3 is 20.3 Å². The second kappa shape index (κ2) is 9.94. The van der Waals surface area contributed by atoms with Gasteiger partial charge in [0.15, 0.2) is 0 Å². The van der Waals surface area contributed by atoms with E-state index in [-0.39, 0.29) is 12.5 Å². The number of hydrogen-bond acceptors (Lipinski definition) is 4. The number of likely N-dealkylation sites (tertiary alicyclic amines) is 1. The molecule has 1 saturated heterocycles. The van der Waals surface area contributed by atoms with Crippen LogP contribution in [0.15, 0.2) is 48.5 Å². The fraction of sp³-hybridized carbons (Fsp3) is 0.375. The summed E-state index contributed by atoms with van der Waals surface area (Å²) >= 11 is 0. The number of benzene rings is 2. The van der Waals surface area contributed by atoms with Crippen molar-refractivity contribution in [2.75, 3.05) is 19.7 Å². The Bertz CT molecular complexity index is 1120. The molecular weight excluding hydrogens is 508 g/mol. The number of carbonyl (C=O) groups is 3. The maximum absolute atomic E-state index is 12.9. The first-order valence-corrected chi connectivity index (χ1v) is 11.2. The molecule has 1 aliphatic carbocycles. The fourth-order valence-corrected chi connectivity index (χ4v) is 4.68. The lowest BCUT2D eigenvalue weighted by Gasteiger charge is -2.38. The van der Waals surface area contributed by atoms with Crippen LogP contribution in [0.4, 0.5) is 31.1 Å². The van der Waals surface area contributed by atoms with Gasteiger partial charge in [-0.05, 0) is 28.7 Å². The van der Waals surface area contributed by atoms with Gasteiger partial charge >= 0.3 is 30.3 Å². The average Bonchev–Trinajstić information content (AvgIpc) is 3.15. The third-order valence-corrected chi connectivity index (χ3v) is 6.23. The van der Waals surface area contributed by atoms with Crippen molar-refractivity contribution in [2.45, 2.75) is 36.8 Å². The van der Waals surface area contributed by atoms with E-state index in [4.69, 9.17) is 4.74 Å². The zero-order valence-corrected chi connectivity index (χ0v) is 19.0. The average molecular weight is 529 g/mol. The molecule has 13 heteroatoms. The van der Waals surface area contributed by atoms with Crippen molar-refractivity contribution in [3.8, 4) is 11.1 Å². The number of fused-ring (bicyclic) bond motifs is 3. The van der Waals surface area contributed by atoms with Crippen molar-refractivity contribution in [3.05, 3.63) is 59.7 Å². The number of carbonyl (C=O) groups excluding carboxylic acids is 3. The van der Waals surface area contributed by atoms with E-state index in [0.29, 0.717) is 0 Å². The first-order chi connectivity index (χ1) is 17.3. The minimum Gasteiger partial charge on any atom is -0.448 e. The Hall–Kier alpha value is -3.77. The van der Waals surface area contributed by atoms with Gasteiger partial charge in [0, 0.05) is 31.1 Å². The molecule has 0 bridgehead atoms. The van der Waals surface area contributed by atoms with Crippen LogP contribution in [0.5, 0.6) is 0 Å². The largest absolute Gasteiger partial charge is 0.471 e. The maximum atomic E-state index is 12.9. The standard InChI is InChI=1S/C24H21F6N3O4/c25-23(26,27)20(34)31-13-9-14(32-21(35)24(28,29)30)11-33(10-13)22(36)37-12-19-17-7-3-1-5-15(17)16-6-2-4-8-18(16)19/h1-8,13-14,19H,9-12H2,(H,31,34)(H,32,35)/t13-,14+. The molecule has 0 saturated carbocycles. The van der Waals surface area contributed by atoms with Crippen LogP contribution in [0, 0.1) is 0 Å². The molecule has 2 aromatic rings. The molecule has 0 spiro atoms. The van der Waals surface area contributed by atoms with Crippen LogP contribution in [0.25, 0.3) is 11.1 Å². The molecule has 2 atom stereocenters. The Morgan fingerprint density at radius 1 is 0.784 bits per heavy atom. The number of alkyl halides is 6.